The number of rotatable bonds is 10. The number of esters is 1. The standard InChI is InChI=1S/C27H38N2O5S2/c1-5-8-14-27(6-2)18-29-22-16-24(35-4)23(34-15-13-26(30)33-7-3)17-25(22)36(31,32,19-27)21-11-9-20(28)10-12-21/h9-13,15-17,29H,5-8,14,18-19,28H2,1-4H3,(H,31,32)/b15-13+. The zero-order valence-electron chi connectivity index (χ0n) is 21.5. The Bertz CT molecular complexity index is 1180. The fourth-order valence-electron chi connectivity index (χ4n) is 4.69. The van der Waals surface area contributed by atoms with Crippen LogP contribution >= 0.6 is 11.8 Å². The van der Waals surface area contributed by atoms with Gasteiger partial charge in [0.15, 0.2) is 0 Å². The third-order valence-electron chi connectivity index (χ3n) is 6.81. The fourth-order valence-corrected chi connectivity index (χ4v) is 9.03. The van der Waals surface area contributed by atoms with Gasteiger partial charge in [0.1, 0.15) is 5.75 Å². The van der Waals surface area contributed by atoms with Gasteiger partial charge in [0.05, 0.1) is 45.1 Å². The van der Waals surface area contributed by atoms with Crippen LogP contribution in [0.3, 0.4) is 0 Å². The molecule has 2 aromatic carbocycles. The fraction of sp³-hybridized carbons (Fsp3) is 0.444. The van der Waals surface area contributed by atoms with Crippen molar-refractivity contribution in [1.29, 1.82) is 0 Å². The minimum Gasteiger partial charge on any atom is -0.463 e. The van der Waals surface area contributed by atoms with E-state index in [0.717, 1.165) is 30.6 Å². The summed E-state index contributed by atoms with van der Waals surface area (Å²) in [5, 5.41) is 3.51. The predicted octanol–water partition coefficient (Wildman–Crippen LogP) is 6.17. The number of carbonyl (C=O) groups excluding carboxylic acids is 1. The first-order valence-corrected chi connectivity index (χ1v) is 15.6. The van der Waals surface area contributed by atoms with Crippen LogP contribution in [0.1, 0.15) is 46.5 Å². The van der Waals surface area contributed by atoms with Gasteiger partial charge in [0.2, 0.25) is 0 Å². The highest BCUT2D eigenvalue weighted by Crippen LogP contribution is 2.54. The number of nitrogen functional groups attached to an aromatic ring is 1. The SMILES string of the molecule is CCCCC1(CC)CNc2cc(SC)c(O/C=C/C(=O)OCC)cc2S(=O)(O)(c2ccc(N)cc2)C1. The molecule has 1 unspecified atom stereocenters. The van der Waals surface area contributed by atoms with Crippen molar-refractivity contribution >= 4 is 38.5 Å². The average molecular weight is 535 g/mol. The Balaban J connectivity index is 2.21. The summed E-state index contributed by atoms with van der Waals surface area (Å²) >= 11 is 1.46. The number of hydrogen-bond donors (Lipinski definition) is 3. The molecule has 0 saturated heterocycles. The van der Waals surface area contributed by atoms with E-state index in [2.05, 4.69) is 19.2 Å². The maximum Gasteiger partial charge on any atom is 0.333 e. The van der Waals surface area contributed by atoms with Crippen LogP contribution in [0, 0.1) is 5.41 Å². The highest BCUT2D eigenvalue weighted by atomic mass is 32.3. The molecule has 0 spiro atoms. The quantitative estimate of drug-likeness (QED) is 0.109. The Labute approximate surface area is 218 Å². The minimum atomic E-state index is -4.61. The van der Waals surface area contributed by atoms with E-state index in [1.54, 1.807) is 37.3 Å². The second-order valence-electron chi connectivity index (χ2n) is 9.26. The monoisotopic (exact) mass is 534 g/mol. The van der Waals surface area contributed by atoms with Crippen LogP contribution < -0.4 is 15.8 Å². The van der Waals surface area contributed by atoms with Crippen molar-refractivity contribution in [2.24, 2.45) is 5.41 Å². The van der Waals surface area contributed by atoms with Gasteiger partial charge in [-0.05, 0) is 56.4 Å². The summed E-state index contributed by atoms with van der Waals surface area (Å²) in [6.45, 7) is 6.80. The van der Waals surface area contributed by atoms with Gasteiger partial charge in [0.25, 0.3) is 0 Å². The number of benzene rings is 2. The Morgan fingerprint density at radius 3 is 2.58 bits per heavy atom. The van der Waals surface area contributed by atoms with E-state index in [1.165, 1.54) is 24.1 Å². The third-order valence-corrected chi connectivity index (χ3v) is 11.2. The minimum absolute atomic E-state index is 0.0985. The summed E-state index contributed by atoms with van der Waals surface area (Å²) in [6.07, 6.45) is 7.93. The van der Waals surface area contributed by atoms with Crippen molar-refractivity contribution in [3.63, 3.8) is 0 Å². The number of nitrogens with one attached hydrogen (secondary N) is 1. The van der Waals surface area contributed by atoms with E-state index in [9.17, 15) is 9.35 Å². The van der Waals surface area contributed by atoms with Crippen LogP contribution in [0.25, 0.3) is 0 Å². The van der Waals surface area contributed by atoms with Gasteiger partial charge in [-0.25, -0.2) is 4.79 Å². The van der Waals surface area contributed by atoms with Gasteiger partial charge in [-0.15, -0.1) is 21.1 Å². The second-order valence-corrected chi connectivity index (χ2v) is 13.4. The molecule has 0 saturated carbocycles. The summed E-state index contributed by atoms with van der Waals surface area (Å²) in [5.41, 5.74) is 6.69. The highest BCUT2D eigenvalue weighted by Gasteiger charge is 2.46. The first kappa shape index (κ1) is 28.1. The third kappa shape index (κ3) is 5.74. The first-order valence-electron chi connectivity index (χ1n) is 12.3. The average Bonchev–Trinajstić information content (AvgIpc) is 2.96. The molecule has 7 nitrogen and oxygen atoms in total. The molecule has 3 rings (SSSR count). The molecule has 0 fully saturated rings. The summed E-state index contributed by atoms with van der Waals surface area (Å²) in [5.74, 6) is -0.0276. The Hall–Kier alpha value is -2.49. The smallest absolute Gasteiger partial charge is 0.333 e. The van der Waals surface area contributed by atoms with E-state index >= 15 is 4.21 Å². The largest absolute Gasteiger partial charge is 0.463 e. The number of thioether (sulfide) groups is 1. The lowest BCUT2D eigenvalue weighted by Crippen LogP contribution is -2.45. The summed E-state index contributed by atoms with van der Waals surface area (Å²) in [4.78, 5) is 13.1. The maximum atomic E-state index is 15.2. The predicted molar refractivity (Wildman–Crippen MR) is 148 cm³/mol. The zero-order chi connectivity index (χ0) is 26.4. The molecule has 1 atom stereocenters. The number of nitrogens with two attached hydrogens (primary N) is 1. The van der Waals surface area contributed by atoms with Crippen LogP contribution in [0.5, 0.6) is 5.75 Å². The second kappa shape index (κ2) is 11.3. The summed E-state index contributed by atoms with van der Waals surface area (Å²) in [7, 11) is -4.61. The van der Waals surface area contributed by atoms with Crippen molar-refractivity contribution < 1.29 is 23.0 Å². The van der Waals surface area contributed by atoms with Crippen molar-refractivity contribution in [1.82, 2.24) is 0 Å². The van der Waals surface area contributed by atoms with Gasteiger partial charge in [-0.3, -0.25) is 4.55 Å². The maximum absolute atomic E-state index is 15.2. The van der Waals surface area contributed by atoms with Crippen LogP contribution in [-0.4, -0.2) is 39.9 Å². The Morgan fingerprint density at radius 2 is 1.97 bits per heavy atom. The molecule has 1 heterocycles. The number of carbonyl (C=O) groups is 1. The molecule has 1 aliphatic heterocycles. The van der Waals surface area contributed by atoms with Crippen molar-refractivity contribution in [3.05, 3.63) is 48.7 Å². The summed E-state index contributed by atoms with van der Waals surface area (Å²) in [6, 6.07) is 10.1. The summed E-state index contributed by atoms with van der Waals surface area (Å²) < 4.78 is 38.4. The Morgan fingerprint density at radius 1 is 1.25 bits per heavy atom. The molecular formula is C27H38N2O5S2. The van der Waals surface area contributed by atoms with Gasteiger partial charge in [0, 0.05) is 23.7 Å². The lowest BCUT2D eigenvalue weighted by molar-refractivity contribution is -0.137. The molecule has 0 amide bonds. The molecule has 1 aliphatic rings. The van der Waals surface area contributed by atoms with Crippen LogP contribution in [0.4, 0.5) is 11.4 Å². The molecule has 198 valence electrons. The number of unbranched alkanes of at least 4 members (excludes halogenated alkanes) is 1. The van der Waals surface area contributed by atoms with E-state index < -0.39 is 15.3 Å². The molecular weight excluding hydrogens is 496 g/mol. The van der Waals surface area contributed by atoms with Crippen molar-refractivity contribution in [3.8, 4) is 5.75 Å². The van der Waals surface area contributed by atoms with Gasteiger partial charge in [-0.2, -0.15) is 4.21 Å². The highest BCUT2D eigenvalue weighted by molar-refractivity contribution is 8.15. The number of fused-ring (bicyclic) bond motifs is 1. The molecule has 0 aromatic heterocycles. The van der Waals surface area contributed by atoms with Crippen LogP contribution in [-0.2, 0) is 18.9 Å². The van der Waals surface area contributed by atoms with Crippen LogP contribution in [0.2, 0.25) is 0 Å². The number of ether oxygens (including phenoxy) is 2. The van der Waals surface area contributed by atoms with Crippen molar-refractivity contribution in [2.75, 3.05) is 36.2 Å². The van der Waals surface area contributed by atoms with Gasteiger partial charge < -0.3 is 20.5 Å². The van der Waals surface area contributed by atoms with Crippen molar-refractivity contribution in [2.45, 2.75) is 61.1 Å². The Kier molecular flexibility index (Phi) is 8.80. The molecule has 0 aliphatic carbocycles. The molecule has 4 N–H and O–H groups in total. The molecule has 0 radical (unpaired) electrons. The molecule has 36 heavy (non-hydrogen) atoms. The lowest BCUT2D eigenvalue weighted by atomic mass is 9.82. The van der Waals surface area contributed by atoms with E-state index in [4.69, 9.17) is 15.2 Å². The number of anilines is 2. The van der Waals surface area contributed by atoms with E-state index in [0.29, 0.717) is 33.5 Å². The number of hydrogen-bond acceptors (Lipinski definition) is 7. The van der Waals surface area contributed by atoms with E-state index in [1.807, 2.05) is 12.3 Å². The topological polar surface area (TPSA) is 111 Å². The van der Waals surface area contributed by atoms with Crippen LogP contribution in [0.15, 0.2) is 63.4 Å². The molecule has 2 aromatic rings. The zero-order valence-corrected chi connectivity index (χ0v) is 23.2. The molecule has 0 bridgehead atoms. The lowest BCUT2D eigenvalue weighted by Gasteiger charge is -2.48. The van der Waals surface area contributed by atoms with Gasteiger partial charge >= 0.3 is 5.97 Å². The normalized spacial score (nSPS) is 21.4. The van der Waals surface area contributed by atoms with Gasteiger partial charge in [-0.1, -0.05) is 26.7 Å². The first-order chi connectivity index (χ1) is 17.1. The molecule has 9 heteroatoms. The van der Waals surface area contributed by atoms with E-state index in [-0.39, 0.29) is 17.8 Å².